The Bertz CT molecular complexity index is 930. The zero-order chi connectivity index (χ0) is 20.0. The smallest absolute Gasteiger partial charge is 0.191 e. The van der Waals surface area contributed by atoms with Gasteiger partial charge in [-0.2, -0.15) is 0 Å². The summed E-state index contributed by atoms with van der Waals surface area (Å²) in [5.41, 5.74) is 2.75. The average Bonchev–Trinajstić information content (AvgIpc) is 2.56. The molecule has 0 aliphatic heterocycles. The van der Waals surface area contributed by atoms with Crippen LogP contribution in [0.4, 0.5) is 0 Å². The first kappa shape index (κ1) is 25.0. The van der Waals surface area contributed by atoms with Gasteiger partial charge in [-0.1, -0.05) is 35.3 Å². The first-order chi connectivity index (χ1) is 12.7. The molecule has 5 nitrogen and oxygen atoms in total. The van der Waals surface area contributed by atoms with Gasteiger partial charge >= 0.3 is 0 Å². The van der Waals surface area contributed by atoms with Gasteiger partial charge in [0.2, 0.25) is 0 Å². The molecule has 2 aromatic carbocycles. The number of guanidine groups is 1. The third-order valence-corrected chi connectivity index (χ3v) is 5.64. The minimum atomic E-state index is -3.21. The zero-order valence-electron chi connectivity index (χ0n) is 15.9. The van der Waals surface area contributed by atoms with Crippen LogP contribution in [0.5, 0.6) is 0 Å². The Labute approximate surface area is 193 Å². The van der Waals surface area contributed by atoms with Gasteiger partial charge in [0.05, 0.1) is 4.90 Å². The van der Waals surface area contributed by atoms with Crippen LogP contribution < -0.4 is 10.6 Å². The Morgan fingerprint density at radius 2 is 1.68 bits per heavy atom. The minimum Gasteiger partial charge on any atom is -0.356 e. The lowest BCUT2D eigenvalue weighted by molar-refractivity contribution is 0.601. The second kappa shape index (κ2) is 11.2. The highest BCUT2D eigenvalue weighted by molar-refractivity contribution is 14.0. The summed E-state index contributed by atoms with van der Waals surface area (Å²) in [6, 6.07) is 10.8. The lowest BCUT2D eigenvalue weighted by Crippen LogP contribution is -2.37. The van der Waals surface area contributed by atoms with Gasteiger partial charge in [-0.3, -0.25) is 4.99 Å². The summed E-state index contributed by atoms with van der Waals surface area (Å²) < 4.78 is 23.4. The largest absolute Gasteiger partial charge is 0.356 e. The van der Waals surface area contributed by atoms with E-state index in [2.05, 4.69) is 15.6 Å². The fourth-order valence-corrected chi connectivity index (χ4v) is 4.25. The van der Waals surface area contributed by atoms with Gasteiger partial charge in [0, 0.05) is 36.4 Å². The molecule has 2 rings (SSSR count). The van der Waals surface area contributed by atoms with Crippen LogP contribution >= 0.6 is 47.2 Å². The Balaban J connectivity index is 0.00000392. The van der Waals surface area contributed by atoms with Crippen molar-refractivity contribution < 1.29 is 8.42 Å². The fourth-order valence-electron chi connectivity index (χ4n) is 2.72. The third-order valence-electron chi connectivity index (χ3n) is 3.95. The normalized spacial score (nSPS) is 11.7. The van der Waals surface area contributed by atoms with E-state index in [-0.39, 0.29) is 24.0 Å². The van der Waals surface area contributed by atoms with Crippen LogP contribution in [0.2, 0.25) is 10.0 Å². The van der Waals surface area contributed by atoms with Crippen molar-refractivity contribution in [2.24, 2.45) is 4.99 Å². The van der Waals surface area contributed by atoms with Gasteiger partial charge in [-0.25, -0.2) is 8.42 Å². The summed E-state index contributed by atoms with van der Waals surface area (Å²) in [6.45, 7) is 3.00. The predicted molar refractivity (Wildman–Crippen MR) is 128 cm³/mol. The highest BCUT2D eigenvalue weighted by atomic mass is 127. The number of rotatable bonds is 6. The number of sulfone groups is 1. The molecule has 0 atom stereocenters. The fraction of sp³-hybridized carbons (Fsp3) is 0.316. The summed E-state index contributed by atoms with van der Waals surface area (Å²) in [4.78, 5) is 4.55. The molecule has 0 heterocycles. The topological polar surface area (TPSA) is 70.6 Å². The number of hydrogen-bond acceptors (Lipinski definition) is 3. The molecule has 0 spiro atoms. The molecular weight excluding hydrogens is 532 g/mol. The lowest BCUT2D eigenvalue weighted by atomic mass is 10.1. The van der Waals surface area contributed by atoms with Crippen LogP contribution in [0.3, 0.4) is 0 Å². The molecule has 0 aliphatic carbocycles. The molecule has 9 heteroatoms. The molecule has 0 bridgehead atoms. The summed E-state index contributed by atoms with van der Waals surface area (Å²) >= 11 is 12.0. The number of aryl methyl sites for hydroxylation is 1. The van der Waals surface area contributed by atoms with Crippen molar-refractivity contribution in [1.82, 2.24) is 10.6 Å². The van der Waals surface area contributed by atoms with Crippen molar-refractivity contribution in [3.05, 3.63) is 63.1 Å². The SMILES string of the molecule is CN=C(NCCc1cc(Cl)cc(Cl)c1)NCc1ccc(S(C)(=O)=O)c(C)c1.I. The summed E-state index contributed by atoms with van der Waals surface area (Å²) in [5, 5.41) is 7.69. The van der Waals surface area contributed by atoms with Crippen LogP contribution in [0, 0.1) is 6.92 Å². The van der Waals surface area contributed by atoms with Crippen LogP contribution in [-0.4, -0.2) is 34.2 Å². The summed E-state index contributed by atoms with van der Waals surface area (Å²) in [5.74, 6) is 0.660. The Morgan fingerprint density at radius 3 is 2.21 bits per heavy atom. The number of aliphatic imine (C=N–C) groups is 1. The molecule has 0 unspecified atom stereocenters. The Morgan fingerprint density at radius 1 is 1.04 bits per heavy atom. The maximum Gasteiger partial charge on any atom is 0.191 e. The molecule has 0 saturated heterocycles. The van der Waals surface area contributed by atoms with Crippen LogP contribution in [0.1, 0.15) is 16.7 Å². The van der Waals surface area contributed by atoms with E-state index in [4.69, 9.17) is 23.2 Å². The maximum atomic E-state index is 11.7. The van der Waals surface area contributed by atoms with Crippen molar-refractivity contribution in [2.75, 3.05) is 19.8 Å². The Kier molecular flexibility index (Phi) is 10.0. The van der Waals surface area contributed by atoms with E-state index in [1.54, 1.807) is 32.2 Å². The van der Waals surface area contributed by atoms with Gasteiger partial charge in [-0.05, 0) is 54.3 Å². The van der Waals surface area contributed by atoms with E-state index in [1.165, 1.54) is 6.26 Å². The molecular formula is C19H24Cl2IN3O2S. The first-order valence-corrected chi connectivity index (χ1v) is 11.0. The van der Waals surface area contributed by atoms with Gasteiger partial charge in [0.1, 0.15) is 0 Å². The van der Waals surface area contributed by atoms with Crippen LogP contribution in [-0.2, 0) is 22.8 Å². The quantitative estimate of drug-likeness (QED) is 0.318. The maximum absolute atomic E-state index is 11.7. The van der Waals surface area contributed by atoms with Crippen molar-refractivity contribution in [3.63, 3.8) is 0 Å². The molecule has 0 radical (unpaired) electrons. The first-order valence-electron chi connectivity index (χ1n) is 8.38. The third kappa shape index (κ3) is 7.77. The van der Waals surface area contributed by atoms with Gasteiger partial charge in [0.25, 0.3) is 0 Å². The highest BCUT2D eigenvalue weighted by Crippen LogP contribution is 2.19. The minimum absolute atomic E-state index is 0. The molecule has 2 aromatic rings. The molecule has 0 aromatic heterocycles. The molecule has 2 N–H and O–H groups in total. The van der Waals surface area contributed by atoms with Gasteiger partial charge < -0.3 is 10.6 Å². The van der Waals surface area contributed by atoms with Gasteiger partial charge in [-0.15, -0.1) is 24.0 Å². The van der Waals surface area contributed by atoms with Crippen molar-refractivity contribution in [1.29, 1.82) is 0 Å². The Hall–Kier alpha value is -1.03. The number of nitrogens with one attached hydrogen (secondary N) is 2. The van der Waals surface area contributed by atoms with Crippen molar-refractivity contribution >= 4 is 63.0 Å². The van der Waals surface area contributed by atoms with Crippen molar-refractivity contribution in [3.8, 4) is 0 Å². The zero-order valence-corrected chi connectivity index (χ0v) is 20.6. The van der Waals surface area contributed by atoms with E-state index in [9.17, 15) is 8.42 Å². The number of halogens is 3. The van der Waals surface area contributed by atoms with Crippen molar-refractivity contribution in [2.45, 2.75) is 24.8 Å². The number of hydrogen-bond donors (Lipinski definition) is 2. The second-order valence-corrected chi connectivity index (χ2v) is 9.11. The highest BCUT2D eigenvalue weighted by Gasteiger charge is 2.11. The molecule has 0 fully saturated rings. The van der Waals surface area contributed by atoms with E-state index in [0.717, 1.165) is 23.1 Å². The summed E-state index contributed by atoms with van der Waals surface area (Å²) in [6.07, 6.45) is 1.97. The van der Waals surface area contributed by atoms with E-state index < -0.39 is 9.84 Å². The molecule has 28 heavy (non-hydrogen) atoms. The molecule has 0 saturated carbocycles. The van der Waals surface area contributed by atoms with Gasteiger partial charge in [0.15, 0.2) is 15.8 Å². The lowest BCUT2D eigenvalue weighted by Gasteiger charge is -2.13. The standard InChI is InChI=1S/C19H23Cl2N3O2S.HI/c1-13-8-15(4-5-18(13)27(3,25)26)12-24-19(22-2)23-7-6-14-9-16(20)11-17(21)10-14;/h4-5,8-11H,6-7,12H2,1-3H3,(H2,22,23,24);1H. The second-order valence-electron chi connectivity index (χ2n) is 6.25. The van der Waals surface area contributed by atoms with Crippen LogP contribution in [0.25, 0.3) is 0 Å². The molecule has 0 amide bonds. The van der Waals surface area contributed by atoms with E-state index in [0.29, 0.717) is 34.0 Å². The monoisotopic (exact) mass is 555 g/mol. The number of nitrogens with zero attached hydrogens (tertiary/aromatic N) is 1. The number of benzene rings is 2. The van der Waals surface area contributed by atoms with E-state index in [1.807, 2.05) is 18.2 Å². The summed E-state index contributed by atoms with van der Waals surface area (Å²) in [7, 11) is -1.51. The molecule has 154 valence electrons. The molecule has 0 aliphatic rings. The average molecular weight is 556 g/mol. The van der Waals surface area contributed by atoms with E-state index >= 15 is 0 Å². The predicted octanol–water partition coefficient (Wildman–Crippen LogP) is 4.23. The van der Waals surface area contributed by atoms with Crippen LogP contribution in [0.15, 0.2) is 46.3 Å².